The van der Waals surface area contributed by atoms with Crippen molar-refractivity contribution in [1.82, 2.24) is 10.2 Å². The number of halogens is 3. The largest absolute Gasteiger partial charge is 0.480 e. The van der Waals surface area contributed by atoms with E-state index in [1.165, 1.54) is 11.0 Å². The van der Waals surface area contributed by atoms with Gasteiger partial charge >= 0.3 is 6.18 Å². The Labute approximate surface area is 190 Å². The molecular formula is C23H29F3N4O3. The topological polar surface area (TPSA) is 97.0 Å². The van der Waals surface area contributed by atoms with Gasteiger partial charge in [-0.1, -0.05) is 32.0 Å². The highest BCUT2D eigenvalue weighted by Crippen LogP contribution is 2.43. The smallest absolute Gasteiger partial charge is 0.425 e. The second-order valence-corrected chi connectivity index (χ2v) is 9.17. The minimum atomic E-state index is -4.53. The van der Waals surface area contributed by atoms with E-state index in [0.29, 0.717) is 24.8 Å². The summed E-state index contributed by atoms with van der Waals surface area (Å²) >= 11 is 0. The number of benzene rings is 1. The van der Waals surface area contributed by atoms with Crippen molar-refractivity contribution in [2.24, 2.45) is 22.6 Å². The molecule has 33 heavy (non-hydrogen) atoms. The second kappa shape index (κ2) is 8.53. The van der Waals surface area contributed by atoms with Crippen LogP contribution in [0.1, 0.15) is 57.6 Å². The van der Waals surface area contributed by atoms with E-state index in [0.717, 1.165) is 0 Å². The molecule has 4 rings (SSSR count). The van der Waals surface area contributed by atoms with Crippen molar-refractivity contribution in [2.75, 3.05) is 6.54 Å². The summed E-state index contributed by atoms with van der Waals surface area (Å²) in [5.74, 6) is -0.613. The molecule has 0 aromatic heterocycles. The van der Waals surface area contributed by atoms with Gasteiger partial charge in [-0.15, -0.1) is 0 Å². The summed E-state index contributed by atoms with van der Waals surface area (Å²) in [6.07, 6.45) is -4.65. The van der Waals surface area contributed by atoms with Crippen molar-refractivity contribution in [1.29, 1.82) is 0 Å². The molecule has 1 saturated carbocycles. The predicted octanol–water partition coefficient (Wildman–Crippen LogP) is 3.30. The van der Waals surface area contributed by atoms with Crippen LogP contribution < -0.4 is 15.8 Å². The van der Waals surface area contributed by atoms with E-state index < -0.39 is 23.9 Å². The van der Waals surface area contributed by atoms with Crippen LogP contribution in [0.25, 0.3) is 0 Å². The number of nitrogens with one attached hydrogen (secondary N) is 1. The summed E-state index contributed by atoms with van der Waals surface area (Å²) in [6.45, 7) is 4.23. The number of hydrogen-bond donors (Lipinski definition) is 2. The summed E-state index contributed by atoms with van der Waals surface area (Å²) in [5, 5.41) is 2.78. The van der Waals surface area contributed by atoms with E-state index in [1.807, 2.05) is 13.8 Å². The van der Waals surface area contributed by atoms with Crippen molar-refractivity contribution >= 4 is 17.8 Å². The van der Waals surface area contributed by atoms with Gasteiger partial charge in [0.25, 0.3) is 0 Å². The van der Waals surface area contributed by atoms with Gasteiger partial charge in [0.1, 0.15) is 5.75 Å². The fraction of sp³-hybridized carbons (Fsp3) is 0.609. The average Bonchev–Trinajstić information content (AvgIpc) is 3.55. The van der Waals surface area contributed by atoms with Gasteiger partial charge in [-0.25, -0.2) is 4.99 Å². The maximum absolute atomic E-state index is 13.3. The van der Waals surface area contributed by atoms with E-state index in [4.69, 9.17) is 10.5 Å². The van der Waals surface area contributed by atoms with Crippen molar-refractivity contribution < 1.29 is 27.5 Å². The normalized spacial score (nSPS) is 28.5. The second-order valence-electron chi connectivity index (χ2n) is 9.17. The number of ether oxygens (including phenoxy) is 1. The number of guanidine groups is 1. The first kappa shape index (κ1) is 23.4. The van der Waals surface area contributed by atoms with E-state index in [1.54, 1.807) is 18.2 Å². The van der Waals surface area contributed by atoms with Crippen LogP contribution in [0.15, 0.2) is 29.3 Å². The Kier molecular flexibility index (Phi) is 6.05. The molecule has 1 aliphatic carbocycles. The molecule has 10 heteroatoms. The molecule has 3 N–H and O–H groups in total. The van der Waals surface area contributed by atoms with Crippen molar-refractivity contribution in [3.05, 3.63) is 29.8 Å². The zero-order valence-electron chi connectivity index (χ0n) is 18.7. The number of rotatable bonds is 6. The number of nitrogens with two attached hydrogens (primary N) is 1. The predicted molar refractivity (Wildman–Crippen MR) is 115 cm³/mol. The molecule has 1 aromatic carbocycles. The van der Waals surface area contributed by atoms with Crippen LogP contribution in [-0.4, -0.2) is 47.0 Å². The molecule has 0 spiro atoms. The van der Waals surface area contributed by atoms with Gasteiger partial charge in [0.2, 0.25) is 11.8 Å². The molecule has 4 atom stereocenters. The Hall–Kier alpha value is -2.78. The van der Waals surface area contributed by atoms with Crippen molar-refractivity contribution in [3.63, 3.8) is 0 Å². The third-order valence-corrected chi connectivity index (χ3v) is 7.10. The summed E-state index contributed by atoms with van der Waals surface area (Å²) in [6, 6.07) is 5.64. The minimum Gasteiger partial charge on any atom is -0.480 e. The number of nitrogens with zero attached hydrogens (tertiary/aromatic N) is 2. The highest BCUT2D eigenvalue weighted by molar-refractivity contribution is 5.99. The summed E-state index contributed by atoms with van der Waals surface area (Å²) < 4.78 is 45.1. The first-order valence-electron chi connectivity index (χ1n) is 11.3. The highest BCUT2D eigenvalue weighted by Gasteiger charge is 2.49. The maximum Gasteiger partial charge on any atom is 0.425 e. The fourth-order valence-corrected chi connectivity index (χ4v) is 4.74. The van der Waals surface area contributed by atoms with Gasteiger partial charge in [-0.05, 0) is 31.2 Å². The molecule has 2 amide bonds. The van der Waals surface area contributed by atoms with Gasteiger partial charge in [-0.2, -0.15) is 13.2 Å². The van der Waals surface area contributed by atoms with Crippen LogP contribution in [0.5, 0.6) is 5.75 Å². The number of carbonyl (C=O) groups is 2. The molecule has 0 radical (unpaired) electrons. The molecule has 2 aliphatic heterocycles. The van der Waals surface area contributed by atoms with Gasteiger partial charge in [0, 0.05) is 24.4 Å². The van der Waals surface area contributed by atoms with Crippen LogP contribution in [0.3, 0.4) is 0 Å². The van der Waals surface area contributed by atoms with E-state index in [9.17, 15) is 22.8 Å². The lowest BCUT2D eigenvalue weighted by molar-refractivity contribution is -0.201. The van der Waals surface area contributed by atoms with Crippen molar-refractivity contribution in [2.45, 2.75) is 69.8 Å². The third-order valence-electron chi connectivity index (χ3n) is 7.10. The Morgan fingerprint density at radius 3 is 2.61 bits per heavy atom. The highest BCUT2D eigenvalue weighted by atomic mass is 19.4. The molecule has 1 fully saturated rings. The summed E-state index contributed by atoms with van der Waals surface area (Å²) in [5.41, 5.74) is 6.15. The number of para-hydroxylation sites is 1. The Balaban J connectivity index is 1.40. The molecule has 7 nitrogen and oxygen atoms in total. The van der Waals surface area contributed by atoms with Crippen LogP contribution in [0.4, 0.5) is 13.2 Å². The van der Waals surface area contributed by atoms with Gasteiger partial charge < -0.3 is 15.8 Å². The first-order chi connectivity index (χ1) is 15.6. The Morgan fingerprint density at radius 2 is 1.97 bits per heavy atom. The van der Waals surface area contributed by atoms with Crippen LogP contribution in [-0.2, 0) is 9.59 Å². The number of hydrogen-bond acceptors (Lipinski definition) is 5. The first-order valence-corrected chi connectivity index (χ1v) is 11.3. The minimum absolute atomic E-state index is 0.105. The number of fused-ring (bicyclic) bond motifs is 1. The molecule has 4 unspecified atom stereocenters. The van der Waals surface area contributed by atoms with E-state index >= 15 is 0 Å². The number of aliphatic imine (C=N–C) groups is 1. The maximum atomic E-state index is 13.3. The number of carbonyl (C=O) groups excluding carboxylic acids is 2. The quantitative estimate of drug-likeness (QED) is 0.672. The SMILES string of the molecule is CCC1(CC)CC(=O)N(CC2CC2C(=O)NC2CC(C(F)(F)F)Oc3ccccc32)C(N)=N1. The van der Waals surface area contributed by atoms with Gasteiger partial charge in [0.05, 0.1) is 18.0 Å². The third kappa shape index (κ3) is 4.65. The lowest BCUT2D eigenvalue weighted by Gasteiger charge is -2.36. The summed E-state index contributed by atoms with van der Waals surface area (Å²) in [4.78, 5) is 31.6. The Bertz CT molecular complexity index is 961. The lowest BCUT2D eigenvalue weighted by atomic mass is 9.88. The number of alkyl halides is 3. The molecule has 1 aromatic rings. The molecule has 3 aliphatic rings. The van der Waals surface area contributed by atoms with Gasteiger partial charge in [0.15, 0.2) is 12.1 Å². The monoisotopic (exact) mass is 466 g/mol. The van der Waals surface area contributed by atoms with Crippen LogP contribution in [0.2, 0.25) is 0 Å². The Morgan fingerprint density at radius 1 is 1.27 bits per heavy atom. The molecule has 2 heterocycles. The zero-order valence-corrected chi connectivity index (χ0v) is 18.7. The standard InChI is InChI=1S/C23H29F3N4O3/c1-3-22(4-2)11-19(31)30(21(27)29-22)12-13-9-15(13)20(32)28-16-10-18(23(24,25)26)33-17-8-6-5-7-14(16)17/h5-8,13,15-16,18H,3-4,9-12H2,1-2H3,(H2,27,29)(H,28,32). The molecule has 0 saturated heterocycles. The van der Waals surface area contributed by atoms with E-state index in [-0.39, 0.29) is 54.7 Å². The van der Waals surface area contributed by atoms with E-state index in [2.05, 4.69) is 10.3 Å². The lowest BCUT2D eigenvalue weighted by Crippen LogP contribution is -2.52. The van der Waals surface area contributed by atoms with Crippen LogP contribution in [0, 0.1) is 11.8 Å². The number of amides is 2. The summed E-state index contributed by atoms with van der Waals surface area (Å²) in [7, 11) is 0. The average molecular weight is 467 g/mol. The molecular weight excluding hydrogens is 437 g/mol. The zero-order chi connectivity index (χ0) is 24.0. The van der Waals surface area contributed by atoms with Crippen molar-refractivity contribution in [3.8, 4) is 5.75 Å². The molecule has 0 bridgehead atoms. The molecule has 180 valence electrons. The van der Waals surface area contributed by atoms with Gasteiger partial charge in [-0.3, -0.25) is 14.5 Å². The fourth-order valence-electron chi connectivity index (χ4n) is 4.74. The van der Waals surface area contributed by atoms with Crippen LogP contribution >= 0.6 is 0 Å².